The number of amides is 1. The number of benzene rings is 2. The molecule has 3 heteroatoms. The highest BCUT2D eigenvalue weighted by Gasteiger charge is 2.29. The highest BCUT2D eigenvalue weighted by atomic mass is 35.5. The van der Waals surface area contributed by atoms with Crippen molar-refractivity contribution in [1.29, 1.82) is 0 Å². The second-order valence-corrected chi connectivity index (χ2v) is 8.44. The number of carbonyl (C=O) groups excluding carboxylic acids is 1. The van der Waals surface area contributed by atoms with Crippen LogP contribution >= 0.6 is 11.6 Å². The fourth-order valence-corrected chi connectivity index (χ4v) is 5.10. The Labute approximate surface area is 177 Å². The quantitative estimate of drug-likeness (QED) is 0.457. The van der Waals surface area contributed by atoms with Crippen LogP contribution in [0, 0.1) is 0 Å². The molecule has 2 aromatic rings. The van der Waals surface area contributed by atoms with E-state index >= 15 is 0 Å². The van der Waals surface area contributed by atoms with Crippen LogP contribution in [0.15, 0.2) is 71.3 Å². The molecule has 5 rings (SSSR count). The number of hydrogen-bond donors (Lipinski definition) is 1. The number of alkyl halides is 1. The standard InChI is InChI=1S/C26H24ClNO/c27-13-12-17-10-11-24-22(14-17)23(26(29)28-24)16-20-15-19-8-4-5-9-21(19)25(20)18-6-2-1-3-7-18/h1-3,6-7,10-11,14,16H,4-5,8-9,12-13,15H2,(H,28,29). The van der Waals surface area contributed by atoms with E-state index in [0.717, 1.165) is 36.1 Å². The summed E-state index contributed by atoms with van der Waals surface area (Å²) in [6, 6.07) is 16.8. The van der Waals surface area contributed by atoms with Gasteiger partial charge in [0, 0.05) is 22.7 Å². The van der Waals surface area contributed by atoms with Crippen LogP contribution in [0.5, 0.6) is 0 Å². The van der Waals surface area contributed by atoms with Crippen molar-refractivity contribution in [2.24, 2.45) is 0 Å². The van der Waals surface area contributed by atoms with Gasteiger partial charge < -0.3 is 5.32 Å². The number of carbonyl (C=O) groups is 1. The summed E-state index contributed by atoms with van der Waals surface area (Å²) in [4.78, 5) is 12.8. The molecule has 0 saturated heterocycles. The molecule has 0 fully saturated rings. The van der Waals surface area contributed by atoms with Crippen LogP contribution in [0.3, 0.4) is 0 Å². The van der Waals surface area contributed by atoms with Gasteiger partial charge in [0.1, 0.15) is 0 Å². The summed E-state index contributed by atoms with van der Waals surface area (Å²) >= 11 is 5.94. The fourth-order valence-electron chi connectivity index (χ4n) is 4.88. The van der Waals surface area contributed by atoms with Gasteiger partial charge in [-0.3, -0.25) is 4.79 Å². The van der Waals surface area contributed by atoms with Crippen LogP contribution in [0.2, 0.25) is 0 Å². The summed E-state index contributed by atoms with van der Waals surface area (Å²) in [6.07, 6.45) is 8.78. The van der Waals surface area contributed by atoms with Gasteiger partial charge in [-0.1, -0.05) is 42.0 Å². The van der Waals surface area contributed by atoms with Gasteiger partial charge in [-0.2, -0.15) is 0 Å². The molecule has 0 aromatic heterocycles. The normalized spacial score (nSPS) is 19.6. The highest BCUT2D eigenvalue weighted by molar-refractivity contribution is 6.32. The Morgan fingerprint density at radius 2 is 1.86 bits per heavy atom. The first-order valence-electron chi connectivity index (χ1n) is 10.5. The third-order valence-electron chi connectivity index (χ3n) is 6.24. The van der Waals surface area contributed by atoms with Crippen molar-refractivity contribution >= 4 is 34.3 Å². The topological polar surface area (TPSA) is 29.1 Å². The summed E-state index contributed by atoms with van der Waals surface area (Å²) in [5.41, 5.74) is 10.8. The predicted molar refractivity (Wildman–Crippen MR) is 121 cm³/mol. The summed E-state index contributed by atoms with van der Waals surface area (Å²) in [5.74, 6) is 0.576. The lowest BCUT2D eigenvalue weighted by molar-refractivity contribution is -0.110. The van der Waals surface area contributed by atoms with Crippen LogP contribution in [-0.4, -0.2) is 11.8 Å². The smallest absolute Gasteiger partial charge is 0.256 e. The molecule has 29 heavy (non-hydrogen) atoms. The Bertz CT molecular complexity index is 1080. The van der Waals surface area contributed by atoms with E-state index in [2.05, 4.69) is 53.9 Å². The molecule has 0 atom stereocenters. The number of fused-ring (bicyclic) bond motifs is 1. The molecule has 0 bridgehead atoms. The number of anilines is 1. The van der Waals surface area contributed by atoms with E-state index in [4.69, 9.17) is 11.6 Å². The summed E-state index contributed by atoms with van der Waals surface area (Å²) in [5, 5.41) is 3.03. The first-order valence-corrected chi connectivity index (χ1v) is 11.0. The summed E-state index contributed by atoms with van der Waals surface area (Å²) < 4.78 is 0. The van der Waals surface area contributed by atoms with E-state index < -0.39 is 0 Å². The lowest BCUT2D eigenvalue weighted by atomic mass is 9.88. The number of aryl methyl sites for hydroxylation is 1. The second kappa shape index (κ2) is 7.68. The molecular formula is C26H24ClNO. The van der Waals surface area contributed by atoms with E-state index in [1.54, 1.807) is 5.57 Å². The van der Waals surface area contributed by atoms with Gasteiger partial charge in [0.25, 0.3) is 5.91 Å². The number of rotatable bonds is 4. The molecule has 0 radical (unpaired) electrons. The lowest BCUT2D eigenvalue weighted by Crippen LogP contribution is -2.04. The third-order valence-corrected chi connectivity index (χ3v) is 6.43. The largest absolute Gasteiger partial charge is 0.321 e. The SMILES string of the molecule is O=C1Nc2ccc(CCCl)cc2C1=CC1=C(c2ccccc2)C2=C(CCCC2)C1. The Morgan fingerprint density at radius 1 is 1.03 bits per heavy atom. The summed E-state index contributed by atoms with van der Waals surface area (Å²) in [6.45, 7) is 0. The molecular weight excluding hydrogens is 378 g/mol. The van der Waals surface area contributed by atoms with Crippen molar-refractivity contribution in [3.8, 4) is 0 Å². The van der Waals surface area contributed by atoms with Gasteiger partial charge >= 0.3 is 0 Å². The molecule has 0 saturated carbocycles. The molecule has 1 aliphatic heterocycles. The Hall–Kier alpha value is -2.58. The van der Waals surface area contributed by atoms with Crippen molar-refractivity contribution in [3.05, 3.63) is 88.0 Å². The van der Waals surface area contributed by atoms with Crippen LogP contribution in [0.25, 0.3) is 11.1 Å². The minimum absolute atomic E-state index is 0.00666. The molecule has 2 aliphatic carbocycles. The number of halogens is 1. The van der Waals surface area contributed by atoms with Crippen LogP contribution < -0.4 is 5.32 Å². The third kappa shape index (κ3) is 3.36. The Balaban J connectivity index is 1.63. The van der Waals surface area contributed by atoms with Gasteiger partial charge in [0.15, 0.2) is 0 Å². The molecule has 2 aromatic carbocycles. The van der Waals surface area contributed by atoms with Crippen molar-refractivity contribution in [2.45, 2.75) is 38.5 Å². The maximum atomic E-state index is 12.8. The molecule has 3 aliphatic rings. The molecule has 1 amide bonds. The van der Waals surface area contributed by atoms with Gasteiger partial charge in [-0.25, -0.2) is 0 Å². The van der Waals surface area contributed by atoms with Crippen molar-refractivity contribution in [2.75, 3.05) is 11.2 Å². The van der Waals surface area contributed by atoms with Crippen molar-refractivity contribution in [3.63, 3.8) is 0 Å². The Kier molecular flexibility index (Phi) is 4.89. The molecule has 0 unspecified atom stereocenters. The first-order chi connectivity index (χ1) is 14.2. The van der Waals surface area contributed by atoms with E-state index in [1.807, 2.05) is 6.07 Å². The van der Waals surface area contributed by atoms with Crippen molar-refractivity contribution in [1.82, 2.24) is 0 Å². The van der Waals surface area contributed by atoms with E-state index in [9.17, 15) is 4.79 Å². The molecule has 0 spiro atoms. The van der Waals surface area contributed by atoms with Crippen LogP contribution in [-0.2, 0) is 11.2 Å². The van der Waals surface area contributed by atoms with Crippen LogP contribution in [0.1, 0.15) is 48.8 Å². The monoisotopic (exact) mass is 401 g/mol. The minimum Gasteiger partial charge on any atom is -0.321 e. The average Bonchev–Trinajstić information content (AvgIpc) is 3.26. The average molecular weight is 402 g/mol. The zero-order valence-electron chi connectivity index (χ0n) is 16.4. The number of nitrogens with one attached hydrogen (secondary N) is 1. The maximum Gasteiger partial charge on any atom is 0.256 e. The zero-order valence-corrected chi connectivity index (χ0v) is 17.2. The lowest BCUT2D eigenvalue weighted by Gasteiger charge is -2.17. The maximum absolute atomic E-state index is 12.8. The first kappa shape index (κ1) is 18.4. The van der Waals surface area contributed by atoms with E-state index in [1.165, 1.54) is 47.1 Å². The molecule has 146 valence electrons. The summed E-state index contributed by atoms with van der Waals surface area (Å²) in [7, 11) is 0. The molecule has 2 nitrogen and oxygen atoms in total. The van der Waals surface area contributed by atoms with Gasteiger partial charge in [0.05, 0.1) is 0 Å². The van der Waals surface area contributed by atoms with Gasteiger partial charge in [-0.05, 0) is 84.6 Å². The number of hydrogen-bond acceptors (Lipinski definition) is 1. The number of allylic oxidation sites excluding steroid dienone is 5. The van der Waals surface area contributed by atoms with Gasteiger partial charge in [0.2, 0.25) is 0 Å². The molecule has 1 N–H and O–H groups in total. The highest BCUT2D eigenvalue weighted by Crippen LogP contribution is 2.47. The Morgan fingerprint density at radius 3 is 2.69 bits per heavy atom. The van der Waals surface area contributed by atoms with Crippen molar-refractivity contribution < 1.29 is 4.79 Å². The minimum atomic E-state index is -0.00666. The second-order valence-electron chi connectivity index (χ2n) is 8.06. The van der Waals surface area contributed by atoms with Crippen LogP contribution in [0.4, 0.5) is 5.69 Å². The van der Waals surface area contributed by atoms with Gasteiger partial charge in [-0.15, -0.1) is 11.6 Å². The van der Waals surface area contributed by atoms with E-state index in [-0.39, 0.29) is 5.91 Å². The van der Waals surface area contributed by atoms with E-state index in [0.29, 0.717) is 5.88 Å². The zero-order chi connectivity index (χ0) is 19.8. The fraction of sp³-hybridized carbons (Fsp3) is 0.269. The molecule has 1 heterocycles. The predicted octanol–water partition coefficient (Wildman–Crippen LogP) is 6.53.